The minimum atomic E-state index is 0.101. The highest BCUT2D eigenvalue weighted by Crippen LogP contribution is 2.38. The van der Waals surface area contributed by atoms with Crippen LogP contribution in [0.1, 0.15) is 39.7 Å². The largest absolute Gasteiger partial charge is 0.493 e. The second kappa shape index (κ2) is 6.62. The van der Waals surface area contributed by atoms with Crippen LogP contribution in [0.25, 0.3) is 0 Å². The number of aryl methyl sites for hydroxylation is 1. The van der Waals surface area contributed by atoms with Crippen LogP contribution in [0.3, 0.4) is 0 Å². The molecule has 0 saturated carbocycles. The Balaban J connectivity index is 1.90. The Labute approximate surface area is 140 Å². The molecule has 4 nitrogen and oxygen atoms in total. The van der Waals surface area contributed by atoms with Gasteiger partial charge in [-0.3, -0.25) is 4.79 Å². The third-order valence-corrected chi connectivity index (χ3v) is 5.37. The molecule has 1 aromatic heterocycles. The number of methoxy groups -OCH3 is 2. The quantitative estimate of drug-likeness (QED) is 0.848. The molecule has 0 bridgehead atoms. The van der Waals surface area contributed by atoms with Gasteiger partial charge in [0.25, 0.3) is 5.91 Å². The van der Waals surface area contributed by atoms with Crippen molar-refractivity contribution in [2.45, 2.75) is 25.8 Å². The van der Waals surface area contributed by atoms with E-state index in [-0.39, 0.29) is 11.9 Å². The molecule has 1 aromatic carbocycles. The second-order valence-corrected chi connectivity index (χ2v) is 6.62. The lowest BCUT2D eigenvalue weighted by Crippen LogP contribution is -2.30. The topological polar surface area (TPSA) is 38.8 Å². The number of benzene rings is 1. The maximum absolute atomic E-state index is 12.9. The number of hydrogen-bond acceptors (Lipinski definition) is 4. The van der Waals surface area contributed by atoms with Gasteiger partial charge < -0.3 is 14.4 Å². The van der Waals surface area contributed by atoms with E-state index in [1.165, 1.54) is 11.3 Å². The van der Waals surface area contributed by atoms with Gasteiger partial charge in [0.1, 0.15) is 0 Å². The Hall–Kier alpha value is -2.01. The lowest BCUT2D eigenvalue weighted by atomic mass is 10.0. The van der Waals surface area contributed by atoms with Gasteiger partial charge in [0.2, 0.25) is 0 Å². The van der Waals surface area contributed by atoms with Crippen molar-refractivity contribution in [1.82, 2.24) is 4.90 Å². The summed E-state index contributed by atoms with van der Waals surface area (Å²) in [5, 5.41) is 1.98. The van der Waals surface area contributed by atoms with Crippen molar-refractivity contribution in [3.05, 3.63) is 45.6 Å². The SMILES string of the molecule is COc1ccc([C@@H]2CCCN2C(=O)c2sccc2C)cc1OC. The van der Waals surface area contributed by atoms with E-state index in [0.29, 0.717) is 11.5 Å². The fourth-order valence-corrected chi connectivity index (χ4v) is 4.02. The monoisotopic (exact) mass is 331 g/mol. The van der Waals surface area contributed by atoms with Gasteiger partial charge in [-0.2, -0.15) is 0 Å². The lowest BCUT2D eigenvalue weighted by Gasteiger charge is -2.25. The molecule has 1 fully saturated rings. The van der Waals surface area contributed by atoms with Gasteiger partial charge in [0.15, 0.2) is 11.5 Å². The zero-order valence-electron chi connectivity index (χ0n) is 13.7. The van der Waals surface area contributed by atoms with Gasteiger partial charge in [0, 0.05) is 6.54 Å². The van der Waals surface area contributed by atoms with Crippen LogP contribution in [0.2, 0.25) is 0 Å². The molecule has 1 aliphatic heterocycles. The first-order valence-electron chi connectivity index (χ1n) is 7.72. The van der Waals surface area contributed by atoms with Gasteiger partial charge in [-0.15, -0.1) is 11.3 Å². The highest BCUT2D eigenvalue weighted by molar-refractivity contribution is 7.12. The maximum atomic E-state index is 12.9. The number of nitrogens with zero attached hydrogens (tertiary/aromatic N) is 1. The first-order chi connectivity index (χ1) is 11.2. The molecule has 2 aromatic rings. The predicted molar refractivity (Wildman–Crippen MR) is 91.6 cm³/mol. The molecule has 0 spiro atoms. The standard InChI is InChI=1S/C18H21NO3S/c1-12-8-10-23-17(12)18(20)19-9-4-5-14(19)13-6-7-15(21-2)16(11-13)22-3/h6-8,10-11,14H,4-5,9H2,1-3H3/t14-/m0/s1. The first kappa shape index (κ1) is 15.9. The van der Waals surface area contributed by atoms with E-state index in [9.17, 15) is 4.79 Å². The molecule has 0 radical (unpaired) electrons. The maximum Gasteiger partial charge on any atom is 0.264 e. The molecule has 3 rings (SSSR count). The van der Waals surface area contributed by atoms with Crippen molar-refractivity contribution in [1.29, 1.82) is 0 Å². The number of hydrogen-bond donors (Lipinski definition) is 0. The van der Waals surface area contributed by atoms with Gasteiger partial charge >= 0.3 is 0 Å². The van der Waals surface area contributed by atoms with Gasteiger partial charge in [-0.05, 0) is 54.5 Å². The van der Waals surface area contributed by atoms with E-state index in [1.807, 2.05) is 41.5 Å². The minimum Gasteiger partial charge on any atom is -0.493 e. The summed E-state index contributed by atoms with van der Waals surface area (Å²) in [5.74, 6) is 1.55. The Morgan fingerprint density at radius 1 is 1.22 bits per heavy atom. The fourth-order valence-electron chi connectivity index (χ4n) is 3.14. The predicted octanol–water partition coefficient (Wildman–Crippen LogP) is 4.05. The molecular formula is C18H21NO3S. The number of carbonyl (C=O) groups excluding carboxylic acids is 1. The van der Waals surface area contributed by atoms with Crippen molar-refractivity contribution in [2.24, 2.45) is 0 Å². The highest BCUT2D eigenvalue weighted by atomic mass is 32.1. The number of amides is 1. The van der Waals surface area contributed by atoms with Crippen molar-refractivity contribution >= 4 is 17.2 Å². The molecule has 1 saturated heterocycles. The molecule has 0 unspecified atom stereocenters. The van der Waals surface area contributed by atoms with Crippen LogP contribution in [-0.2, 0) is 0 Å². The highest BCUT2D eigenvalue weighted by Gasteiger charge is 2.32. The first-order valence-corrected chi connectivity index (χ1v) is 8.60. The van der Waals surface area contributed by atoms with Crippen LogP contribution in [0, 0.1) is 6.92 Å². The molecule has 2 heterocycles. The Morgan fingerprint density at radius 2 is 2.00 bits per heavy atom. The minimum absolute atomic E-state index is 0.101. The molecular weight excluding hydrogens is 310 g/mol. The van der Waals surface area contributed by atoms with E-state index in [4.69, 9.17) is 9.47 Å². The third-order valence-electron chi connectivity index (χ3n) is 4.36. The summed E-state index contributed by atoms with van der Waals surface area (Å²) in [4.78, 5) is 15.7. The summed E-state index contributed by atoms with van der Waals surface area (Å²) in [6.07, 6.45) is 2.00. The molecule has 1 aliphatic rings. The average Bonchev–Trinajstić information content (AvgIpc) is 3.22. The molecule has 0 aliphatic carbocycles. The Kier molecular flexibility index (Phi) is 4.57. The van der Waals surface area contributed by atoms with Crippen LogP contribution in [0.4, 0.5) is 0 Å². The van der Waals surface area contributed by atoms with E-state index in [0.717, 1.165) is 35.4 Å². The number of ether oxygens (including phenoxy) is 2. The Morgan fingerprint density at radius 3 is 2.65 bits per heavy atom. The lowest BCUT2D eigenvalue weighted by molar-refractivity contribution is 0.0739. The smallest absolute Gasteiger partial charge is 0.264 e. The van der Waals surface area contributed by atoms with Gasteiger partial charge in [0.05, 0.1) is 25.1 Å². The normalized spacial score (nSPS) is 17.3. The number of carbonyl (C=O) groups is 1. The van der Waals surface area contributed by atoms with E-state index < -0.39 is 0 Å². The van der Waals surface area contributed by atoms with Crippen molar-refractivity contribution in [3.63, 3.8) is 0 Å². The van der Waals surface area contributed by atoms with Crippen LogP contribution >= 0.6 is 11.3 Å². The average molecular weight is 331 g/mol. The number of thiophene rings is 1. The zero-order valence-corrected chi connectivity index (χ0v) is 14.5. The summed E-state index contributed by atoms with van der Waals surface area (Å²) in [6.45, 7) is 2.79. The van der Waals surface area contributed by atoms with Crippen LogP contribution in [0.15, 0.2) is 29.6 Å². The van der Waals surface area contributed by atoms with Crippen LogP contribution < -0.4 is 9.47 Å². The summed E-state index contributed by atoms with van der Waals surface area (Å²) >= 11 is 1.52. The summed E-state index contributed by atoms with van der Waals surface area (Å²) in [5.41, 5.74) is 2.15. The zero-order chi connectivity index (χ0) is 16.4. The van der Waals surface area contributed by atoms with Crippen molar-refractivity contribution in [3.8, 4) is 11.5 Å². The van der Waals surface area contributed by atoms with Crippen LogP contribution in [-0.4, -0.2) is 31.6 Å². The fraction of sp³-hybridized carbons (Fsp3) is 0.389. The van der Waals surface area contributed by atoms with Gasteiger partial charge in [-0.25, -0.2) is 0 Å². The molecule has 23 heavy (non-hydrogen) atoms. The number of likely N-dealkylation sites (tertiary alicyclic amines) is 1. The molecule has 0 N–H and O–H groups in total. The summed E-state index contributed by atoms with van der Waals surface area (Å²) < 4.78 is 10.7. The Bertz CT molecular complexity index is 710. The number of rotatable bonds is 4. The van der Waals surface area contributed by atoms with Crippen molar-refractivity contribution < 1.29 is 14.3 Å². The summed E-state index contributed by atoms with van der Waals surface area (Å²) in [6, 6.07) is 8.02. The van der Waals surface area contributed by atoms with Crippen molar-refractivity contribution in [2.75, 3.05) is 20.8 Å². The molecule has 122 valence electrons. The molecule has 5 heteroatoms. The second-order valence-electron chi connectivity index (χ2n) is 5.70. The van der Waals surface area contributed by atoms with Crippen LogP contribution in [0.5, 0.6) is 11.5 Å². The third kappa shape index (κ3) is 2.93. The molecule has 1 atom stereocenters. The summed E-state index contributed by atoms with van der Waals surface area (Å²) in [7, 11) is 3.26. The van der Waals surface area contributed by atoms with Gasteiger partial charge in [-0.1, -0.05) is 6.07 Å². The van der Waals surface area contributed by atoms with E-state index in [2.05, 4.69) is 0 Å². The van der Waals surface area contributed by atoms with E-state index >= 15 is 0 Å². The molecule has 1 amide bonds. The van der Waals surface area contributed by atoms with E-state index in [1.54, 1.807) is 14.2 Å².